The molecule has 1 rings (SSSR count). The quantitative estimate of drug-likeness (QED) is 0.736. The van der Waals surface area contributed by atoms with E-state index in [1.54, 1.807) is 12.1 Å². The summed E-state index contributed by atoms with van der Waals surface area (Å²) in [6.45, 7) is 7.14. The normalized spacial score (nSPS) is 10.8. The number of carbonyl (C=O) groups is 1. The SMILES string of the molecule is CCCN(CC)Cc1ccc(C(N)=O)cc1N. The number of benzene rings is 1. The monoisotopic (exact) mass is 235 g/mol. The van der Waals surface area contributed by atoms with Gasteiger partial charge in [0.1, 0.15) is 0 Å². The second-order valence-electron chi connectivity index (χ2n) is 4.15. The molecule has 0 bridgehead atoms. The molecule has 4 nitrogen and oxygen atoms in total. The van der Waals surface area contributed by atoms with E-state index < -0.39 is 5.91 Å². The van der Waals surface area contributed by atoms with Gasteiger partial charge in [0.2, 0.25) is 5.91 Å². The summed E-state index contributed by atoms with van der Waals surface area (Å²) in [7, 11) is 0. The van der Waals surface area contributed by atoms with Crippen LogP contribution < -0.4 is 11.5 Å². The number of rotatable bonds is 6. The van der Waals surface area contributed by atoms with Crippen LogP contribution in [0.5, 0.6) is 0 Å². The van der Waals surface area contributed by atoms with Crippen molar-refractivity contribution in [1.82, 2.24) is 4.90 Å². The highest BCUT2D eigenvalue weighted by atomic mass is 16.1. The van der Waals surface area contributed by atoms with E-state index in [1.807, 2.05) is 6.07 Å². The molecule has 0 heterocycles. The molecule has 0 fully saturated rings. The van der Waals surface area contributed by atoms with Crippen molar-refractivity contribution in [3.8, 4) is 0 Å². The number of nitrogens with two attached hydrogens (primary N) is 2. The van der Waals surface area contributed by atoms with Gasteiger partial charge < -0.3 is 11.5 Å². The molecule has 0 aromatic heterocycles. The first-order valence-corrected chi connectivity index (χ1v) is 5.99. The van der Waals surface area contributed by atoms with Crippen LogP contribution in [-0.2, 0) is 6.54 Å². The molecular weight excluding hydrogens is 214 g/mol. The van der Waals surface area contributed by atoms with Gasteiger partial charge >= 0.3 is 0 Å². The zero-order chi connectivity index (χ0) is 12.8. The van der Waals surface area contributed by atoms with Crippen LogP contribution in [-0.4, -0.2) is 23.9 Å². The van der Waals surface area contributed by atoms with Crippen molar-refractivity contribution < 1.29 is 4.79 Å². The fourth-order valence-corrected chi connectivity index (χ4v) is 1.80. The van der Waals surface area contributed by atoms with Crippen LogP contribution in [0.3, 0.4) is 0 Å². The number of amides is 1. The summed E-state index contributed by atoms with van der Waals surface area (Å²) in [5.74, 6) is -0.441. The molecule has 0 aliphatic carbocycles. The van der Waals surface area contributed by atoms with Crippen molar-refractivity contribution in [2.45, 2.75) is 26.8 Å². The minimum atomic E-state index is -0.441. The van der Waals surface area contributed by atoms with E-state index in [9.17, 15) is 4.79 Å². The summed E-state index contributed by atoms with van der Waals surface area (Å²) in [5.41, 5.74) is 13.3. The van der Waals surface area contributed by atoms with Crippen LogP contribution in [0, 0.1) is 0 Å². The molecule has 1 amide bonds. The van der Waals surface area contributed by atoms with Crippen LogP contribution in [0.4, 0.5) is 5.69 Å². The molecule has 1 aromatic carbocycles. The second kappa shape index (κ2) is 6.25. The van der Waals surface area contributed by atoms with Gasteiger partial charge in [0.25, 0.3) is 0 Å². The molecule has 0 spiro atoms. The molecule has 0 aliphatic heterocycles. The Morgan fingerprint density at radius 1 is 1.35 bits per heavy atom. The Bertz CT molecular complexity index is 390. The van der Waals surface area contributed by atoms with Gasteiger partial charge in [0.05, 0.1) is 0 Å². The van der Waals surface area contributed by atoms with Gasteiger partial charge in [-0.2, -0.15) is 0 Å². The van der Waals surface area contributed by atoms with Crippen molar-refractivity contribution in [3.05, 3.63) is 29.3 Å². The summed E-state index contributed by atoms with van der Waals surface area (Å²) in [6.07, 6.45) is 1.12. The van der Waals surface area contributed by atoms with E-state index in [4.69, 9.17) is 11.5 Å². The Labute approximate surface area is 103 Å². The topological polar surface area (TPSA) is 72.3 Å². The van der Waals surface area contributed by atoms with E-state index in [2.05, 4.69) is 18.7 Å². The molecule has 17 heavy (non-hydrogen) atoms. The third-order valence-electron chi connectivity index (χ3n) is 2.81. The molecule has 0 unspecified atom stereocenters. The van der Waals surface area contributed by atoms with Gasteiger partial charge in [-0.25, -0.2) is 0 Å². The molecule has 0 atom stereocenters. The van der Waals surface area contributed by atoms with Crippen LogP contribution in [0.2, 0.25) is 0 Å². The zero-order valence-electron chi connectivity index (χ0n) is 10.6. The maximum atomic E-state index is 11.0. The van der Waals surface area contributed by atoms with Crippen LogP contribution >= 0.6 is 0 Å². The Morgan fingerprint density at radius 3 is 2.53 bits per heavy atom. The number of hydrogen-bond donors (Lipinski definition) is 2. The lowest BCUT2D eigenvalue weighted by molar-refractivity contribution is 0.100. The van der Waals surface area contributed by atoms with Gasteiger partial charge in [-0.3, -0.25) is 9.69 Å². The number of primary amides is 1. The minimum absolute atomic E-state index is 0.441. The Morgan fingerprint density at radius 2 is 2.06 bits per heavy atom. The van der Waals surface area contributed by atoms with Gasteiger partial charge in [-0.05, 0) is 37.2 Å². The number of carbonyl (C=O) groups excluding carboxylic acids is 1. The lowest BCUT2D eigenvalue weighted by Gasteiger charge is -2.20. The molecule has 4 N–H and O–H groups in total. The Hall–Kier alpha value is -1.55. The lowest BCUT2D eigenvalue weighted by atomic mass is 10.1. The van der Waals surface area contributed by atoms with Crippen LogP contribution in [0.1, 0.15) is 36.2 Å². The van der Waals surface area contributed by atoms with Gasteiger partial charge in [0, 0.05) is 17.8 Å². The first-order chi connectivity index (χ1) is 8.08. The highest BCUT2D eigenvalue weighted by Gasteiger charge is 2.08. The number of nitrogen functional groups attached to an aromatic ring is 1. The molecule has 0 aliphatic rings. The second-order valence-corrected chi connectivity index (χ2v) is 4.15. The summed E-state index contributed by atoms with van der Waals surface area (Å²) in [6, 6.07) is 5.26. The Kier molecular flexibility index (Phi) is 4.97. The summed E-state index contributed by atoms with van der Waals surface area (Å²) in [4.78, 5) is 13.3. The molecular formula is C13H21N3O. The largest absolute Gasteiger partial charge is 0.398 e. The van der Waals surface area contributed by atoms with Crippen molar-refractivity contribution >= 4 is 11.6 Å². The van der Waals surface area contributed by atoms with Gasteiger partial charge in [0.15, 0.2) is 0 Å². The minimum Gasteiger partial charge on any atom is -0.398 e. The number of anilines is 1. The van der Waals surface area contributed by atoms with Gasteiger partial charge in [-0.15, -0.1) is 0 Å². The molecule has 0 saturated carbocycles. The maximum Gasteiger partial charge on any atom is 0.248 e. The molecule has 0 saturated heterocycles. The standard InChI is InChI=1S/C13H21N3O/c1-3-7-16(4-2)9-11-6-5-10(13(15)17)8-12(11)14/h5-6,8H,3-4,7,9,14H2,1-2H3,(H2,15,17). The van der Waals surface area contributed by atoms with Crippen LogP contribution in [0.25, 0.3) is 0 Å². The molecule has 1 aromatic rings. The third-order valence-corrected chi connectivity index (χ3v) is 2.81. The van der Waals surface area contributed by atoms with E-state index in [-0.39, 0.29) is 0 Å². The van der Waals surface area contributed by atoms with E-state index in [0.717, 1.165) is 31.6 Å². The number of hydrogen-bond acceptors (Lipinski definition) is 3. The molecule has 0 radical (unpaired) electrons. The van der Waals surface area contributed by atoms with Gasteiger partial charge in [-0.1, -0.05) is 19.9 Å². The maximum absolute atomic E-state index is 11.0. The van der Waals surface area contributed by atoms with Crippen molar-refractivity contribution in [1.29, 1.82) is 0 Å². The first kappa shape index (κ1) is 13.5. The summed E-state index contributed by atoms with van der Waals surface area (Å²) < 4.78 is 0. The first-order valence-electron chi connectivity index (χ1n) is 5.99. The highest BCUT2D eigenvalue weighted by molar-refractivity contribution is 5.93. The predicted octanol–water partition coefficient (Wildman–Crippen LogP) is 1.60. The average molecular weight is 235 g/mol. The van der Waals surface area contributed by atoms with E-state index in [1.165, 1.54) is 0 Å². The summed E-state index contributed by atoms with van der Waals surface area (Å²) >= 11 is 0. The van der Waals surface area contributed by atoms with Crippen molar-refractivity contribution in [2.24, 2.45) is 5.73 Å². The number of nitrogens with zero attached hydrogens (tertiary/aromatic N) is 1. The van der Waals surface area contributed by atoms with E-state index >= 15 is 0 Å². The highest BCUT2D eigenvalue weighted by Crippen LogP contribution is 2.16. The van der Waals surface area contributed by atoms with Crippen LogP contribution in [0.15, 0.2) is 18.2 Å². The Balaban J connectivity index is 2.81. The fourth-order valence-electron chi connectivity index (χ4n) is 1.80. The van der Waals surface area contributed by atoms with E-state index in [0.29, 0.717) is 11.3 Å². The molecule has 94 valence electrons. The smallest absolute Gasteiger partial charge is 0.248 e. The fraction of sp³-hybridized carbons (Fsp3) is 0.462. The molecule has 4 heteroatoms. The average Bonchev–Trinajstić information content (AvgIpc) is 2.30. The zero-order valence-corrected chi connectivity index (χ0v) is 10.6. The predicted molar refractivity (Wildman–Crippen MR) is 70.6 cm³/mol. The van der Waals surface area contributed by atoms with Crippen molar-refractivity contribution in [2.75, 3.05) is 18.8 Å². The van der Waals surface area contributed by atoms with Crippen molar-refractivity contribution in [3.63, 3.8) is 0 Å². The third kappa shape index (κ3) is 3.75. The lowest BCUT2D eigenvalue weighted by Crippen LogP contribution is -2.24. The summed E-state index contributed by atoms with van der Waals surface area (Å²) in [5, 5.41) is 0.